The zero-order valence-corrected chi connectivity index (χ0v) is 13.3. The van der Waals surface area contributed by atoms with Crippen LogP contribution in [0.4, 0.5) is 0 Å². The molecule has 0 spiro atoms. The first kappa shape index (κ1) is 18.1. The zero-order chi connectivity index (χ0) is 17.4. The molecule has 0 aromatic carbocycles. The number of hydrogen-bond donors (Lipinski definition) is 5. The quantitative estimate of drug-likeness (QED) is 0.392. The number of phosphoric acid groups is 1. The first-order valence-electron chi connectivity index (χ1n) is 6.88. The number of aliphatic hydroxyl groups is 2. The molecule has 2 aliphatic rings. The molecule has 2 aliphatic heterocycles. The number of nitrogens with zero attached hydrogens (tertiary/aromatic N) is 2. The lowest BCUT2D eigenvalue weighted by Gasteiger charge is -2.32. The maximum atomic E-state index is 10.7. The third kappa shape index (κ3) is 3.99. The molecule has 0 amide bonds. The first-order valence-corrected chi connectivity index (χ1v) is 8.41. The highest BCUT2D eigenvalue weighted by atomic mass is 31.2. The molecule has 23 heavy (non-hydrogen) atoms. The number of nitrogens with two attached hydrogens (primary N) is 1. The van der Waals surface area contributed by atoms with E-state index in [2.05, 4.69) is 16.1 Å². The molecular formula is C12H20N3O7P. The fraction of sp³-hybridized carbons (Fsp3) is 0.583. The molecule has 1 fully saturated rings. The normalized spacial score (nSPS) is 32.0. The van der Waals surface area contributed by atoms with Crippen LogP contribution in [0.2, 0.25) is 0 Å². The lowest BCUT2D eigenvalue weighted by molar-refractivity contribution is -0.0687. The Labute approximate surface area is 132 Å². The summed E-state index contributed by atoms with van der Waals surface area (Å²) in [6, 6.07) is 0. The van der Waals surface area contributed by atoms with Crippen LogP contribution in [0.3, 0.4) is 0 Å². The molecule has 6 N–H and O–H groups in total. The van der Waals surface area contributed by atoms with E-state index in [0.717, 1.165) is 0 Å². The van der Waals surface area contributed by atoms with E-state index in [9.17, 15) is 14.8 Å². The molecule has 2 rings (SSSR count). The van der Waals surface area contributed by atoms with Crippen molar-refractivity contribution in [1.29, 1.82) is 0 Å². The van der Waals surface area contributed by atoms with Crippen LogP contribution in [0.1, 0.15) is 13.3 Å². The van der Waals surface area contributed by atoms with Crippen molar-refractivity contribution in [2.24, 2.45) is 10.7 Å². The third-order valence-electron chi connectivity index (χ3n) is 3.57. The van der Waals surface area contributed by atoms with Crippen LogP contribution in [0, 0.1) is 0 Å². The smallest absolute Gasteiger partial charge is 0.387 e. The Bertz CT molecular complexity index is 587. The summed E-state index contributed by atoms with van der Waals surface area (Å²) in [6.45, 7) is 5.01. The Morgan fingerprint density at radius 1 is 1.48 bits per heavy atom. The number of amidine groups is 1. The number of ether oxygens (including phenoxy) is 1. The van der Waals surface area contributed by atoms with Gasteiger partial charge in [-0.15, -0.1) is 0 Å². The summed E-state index contributed by atoms with van der Waals surface area (Å²) < 4.78 is 20.5. The molecular weight excluding hydrogens is 329 g/mol. The number of rotatable bonds is 5. The molecule has 0 aromatic heterocycles. The summed E-state index contributed by atoms with van der Waals surface area (Å²) in [5, 5.41) is 20.1. The average molecular weight is 349 g/mol. The second kappa shape index (κ2) is 6.70. The summed E-state index contributed by atoms with van der Waals surface area (Å²) in [4.78, 5) is 22.9. The summed E-state index contributed by atoms with van der Waals surface area (Å²) in [5.74, 6) is 0.524. The van der Waals surface area contributed by atoms with Gasteiger partial charge in [0.1, 0.15) is 30.0 Å². The average Bonchev–Trinajstić information content (AvgIpc) is 2.73. The van der Waals surface area contributed by atoms with Crippen LogP contribution in [-0.2, 0) is 13.8 Å². The van der Waals surface area contributed by atoms with E-state index in [1.54, 1.807) is 6.20 Å². The van der Waals surface area contributed by atoms with E-state index in [1.807, 2.05) is 6.92 Å². The monoisotopic (exact) mass is 349 g/mol. The van der Waals surface area contributed by atoms with Crippen molar-refractivity contribution in [3.63, 3.8) is 0 Å². The Morgan fingerprint density at radius 2 is 2.13 bits per heavy atom. The minimum Gasteiger partial charge on any atom is -0.387 e. The van der Waals surface area contributed by atoms with Gasteiger partial charge < -0.3 is 35.4 Å². The van der Waals surface area contributed by atoms with Crippen LogP contribution in [0.25, 0.3) is 0 Å². The summed E-state index contributed by atoms with van der Waals surface area (Å²) in [6.07, 6.45) is -2.67. The Kier molecular flexibility index (Phi) is 5.27. The summed E-state index contributed by atoms with van der Waals surface area (Å²) in [5.41, 5.74) is 6.47. The van der Waals surface area contributed by atoms with Gasteiger partial charge in [-0.3, -0.25) is 4.52 Å². The highest BCUT2D eigenvalue weighted by Crippen LogP contribution is 2.38. The lowest BCUT2D eigenvalue weighted by atomic mass is 10.1. The second-order valence-corrected chi connectivity index (χ2v) is 6.40. The maximum Gasteiger partial charge on any atom is 0.469 e. The van der Waals surface area contributed by atoms with Crippen LogP contribution in [0.5, 0.6) is 0 Å². The summed E-state index contributed by atoms with van der Waals surface area (Å²) in [7, 11) is -4.71. The van der Waals surface area contributed by atoms with Gasteiger partial charge in [0.05, 0.1) is 6.61 Å². The fourth-order valence-corrected chi connectivity index (χ4v) is 2.68. The lowest BCUT2D eigenvalue weighted by Crippen LogP contribution is -2.42. The van der Waals surface area contributed by atoms with Crippen molar-refractivity contribution in [3.05, 3.63) is 24.2 Å². The van der Waals surface area contributed by atoms with Crippen LogP contribution in [0.15, 0.2) is 29.2 Å². The van der Waals surface area contributed by atoms with Crippen molar-refractivity contribution in [2.75, 3.05) is 6.61 Å². The molecule has 0 aliphatic carbocycles. The van der Waals surface area contributed by atoms with Crippen molar-refractivity contribution in [1.82, 2.24) is 4.90 Å². The van der Waals surface area contributed by atoms with Gasteiger partial charge in [0.2, 0.25) is 0 Å². The predicted molar refractivity (Wildman–Crippen MR) is 79.6 cm³/mol. The van der Waals surface area contributed by atoms with Crippen molar-refractivity contribution in [3.8, 4) is 0 Å². The van der Waals surface area contributed by atoms with E-state index in [-0.39, 0.29) is 5.82 Å². The largest absolute Gasteiger partial charge is 0.469 e. The minimum absolute atomic E-state index is 0.215. The zero-order valence-electron chi connectivity index (χ0n) is 12.4. The van der Waals surface area contributed by atoms with Gasteiger partial charge >= 0.3 is 7.82 Å². The molecule has 2 heterocycles. The SMILES string of the molecule is C=C1N=C(N)C(CC)=CN1C1O[C@H](COP(=O)(O)O)[C@@H](O)[C@H]1O. The maximum absolute atomic E-state index is 10.7. The van der Waals surface area contributed by atoms with Gasteiger partial charge in [-0.2, -0.15) is 0 Å². The van der Waals surface area contributed by atoms with Crippen molar-refractivity contribution < 1.29 is 33.8 Å². The van der Waals surface area contributed by atoms with Gasteiger partial charge in [-0.1, -0.05) is 13.5 Å². The molecule has 10 nitrogen and oxygen atoms in total. The molecule has 0 saturated carbocycles. The predicted octanol–water partition coefficient (Wildman–Crippen LogP) is -1.02. The van der Waals surface area contributed by atoms with Crippen LogP contribution >= 0.6 is 7.82 Å². The third-order valence-corrected chi connectivity index (χ3v) is 4.06. The van der Waals surface area contributed by atoms with Crippen LogP contribution < -0.4 is 5.73 Å². The molecule has 1 unspecified atom stereocenters. The molecule has 11 heteroatoms. The Morgan fingerprint density at radius 3 is 2.70 bits per heavy atom. The number of aliphatic imine (C=N–C) groups is 1. The van der Waals surface area contributed by atoms with Crippen LogP contribution in [-0.4, -0.2) is 61.9 Å². The Balaban J connectivity index is 2.13. The molecule has 4 atom stereocenters. The fourth-order valence-electron chi connectivity index (χ4n) is 2.34. The van der Waals surface area contributed by atoms with E-state index < -0.39 is 39.0 Å². The first-order chi connectivity index (χ1) is 10.6. The molecule has 0 radical (unpaired) electrons. The van der Waals surface area contributed by atoms with Gasteiger partial charge in [0, 0.05) is 11.8 Å². The number of hydrogen-bond acceptors (Lipinski definition) is 8. The van der Waals surface area contributed by atoms with Gasteiger partial charge in [-0.05, 0) is 6.42 Å². The van der Waals surface area contributed by atoms with E-state index in [4.69, 9.17) is 20.3 Å². The van der Waals surface area contributed by atoms with Crippen molar-refractivity contribution >= 4 is 13.7 Å². The number of phosphoric ester groups is 1. The standard InChI is InChI=1S/C12H20N3O7P/c1-3-7-4-15(6(2)14-11(7)13)12-10(17)9(16)8(22-12)5-21-23(18,19)20/h4,8-10,12,16-17H,2-3,5H2,1H3,(H2,13,14)(H2,18,19,20)/t8-,9-,10-,12?/m1/s1. The van der Waals surface area contributed by atoms with Crippen molar-refractivity contribution in [2.45, 2.75) is 37.9 Å². The topological polar surface area (TPSA) is 158 Å². The summed E-state index contributed by atoms with van der Waals surface area (Å²) >= 11 is 0. The van der Waals surface area contributed by atoms with E-state index >= 15 is 0 Å². The number of aliphatic hydroxyl groups excluding tert-OH is 2. The van der Waals surface area contributed by atoms with E-state index in [1.165, 1.54) is 4.90 Å². The highest BCUT2D eigenvalue weighted by Gasteiger charge is 2.46. The highest BCUT2D eigenvalue weighted by molar-refractivity contribution is 7.46. The van der Waals surface area contributed by atoms with Gasteiger partial charge in [0.25, 0.3) is 0 Å². The van der Waals surface area contributed by atoms with Gasteiger partial charge in [-0.25, -0.2) is 9.56 Å². The molecule has 130 valence electrons. The Hall–Kier alpha value is -1.26. The second-order valence-electron chi connectivity index (χ2n) is 5.16. The minimum atomic E-state index is -4.71. The van der Waals surface area contributed by atoms with E-state index in [0.29, 0.717) is 17.8 Å². The molecule has 0 bridgehead atoms. The van der Waals surface area contributed by atoms with Gasteiger partial charge in [0.15, 0.2) is 6.23 Å². The molecule has 1 saturated heterocycles. The molecule has 0 aromatic rings.